The Morgan fingerprint density at radius 1 is 1.25 bits per heavy atom. The molecule has 1 N–H and O–H groups in total. The van der Waals surface area contributed by atoms with Gasteiger partial charge in [-0.25, -0.2) is 4.39 Å². The van der Waals surface area contributed by atoms with Gasteiger partial charge in [-0.2, -0.15) is 0 Å². The standard InChI is InChI=1S/C18H28FN/c1-4-14-7-8-15(12-20-5-2)16(11-14)17-10-13(3)6-9-18(17)19/h6,9-10,14-16,20H,4-5,7-8,11-12H2,1-3H3. The molecule has 0 heterocycles. The highest BCUT2D eigenvalue weighted by atomic mass is 19.1. The van der Waals surface area contributed by atoms with Crippen molar-refractivity contribution in [2.75, 3.05) is 13.1 Å². The van der Waals surface area contributed by atoms with Crippen molar-refractivity contribution in [1.82, 2.24) is 5.32 Å². The fourth-order valence-corrected chi connectivity index (χ4v) is 3.59. The molecule has 1 aromatic rings. The van der Waals surface area contributed by atoms with Gasteiger partial charge in [0.1, 0.15) is 5.82 Å². The van der Waals surface area contributed by atoms with Crippen LogP contribution < -0.4 is 5.32 Å². The molecule has 112 valence electrons. The van der Waals surface area contributed by atoms with E-state index in [-0.39, 0.29) is 5.82 Å². The van der Waals surface area contributed by atoms with Crippen LogP contribution >= 0.6 is 0 Å². The van der Waals surface area contributed by atoms with Gasteiger partial charge in [0.25, 0.3) is 0 Å². The highest BCUT2D eigenvalue weighted by Crippen LogP contribution is 2.42. The molecule has 3 unspecified atom stereocenters. The van der Waals surface area contributed by atoms with Crippen molar-refractivity contribution >= 4 is 0 Å². The predicted octanol–water partition coefficient (Wildman–Crippen LogP) is 4.65. The lowest BCUT2D eigenvalue weighted by Crippen LogP contribution is -2.32. The molecular weight excluding hydrogens is 249 g/mol. The highest BCUT2D eigenvalue weighted by molar-refractivity contribution is 5.28. The Hall–Kier alpha value is -0.890. The van der Waals surface area contributed by atoms with Crippen LogP contribution in [-0.4, -0.2) is 13.1 Å². The van der Waals surface area contributed by atoms with E-state index in [1.807, 2.05) is 6.07 Å². The number of aryl methyl sites for hydroxylation is 1. The van der Waals surface area contributed by atoms with Gasteiger partial charge >= 0.3 is 0 Å². The maximum Gasteiger partial charge on any atom is 0.126 e. The molecule has 0 aromatic heterocycles. The molecule has 3 atom stereocenters. The second-order valence-corrected chi connectivity index (χ2v) is 6.29. The summed E-state index contributed by atoms with van der Waals surface area (Å²) in [6.45, 7) is 8.48. The van der Waals surface area contributed by atoms with Crippen LogP contribution in [0.4, 0.5) is 4.39 Å². The first-order valence-electron chi connectivity index (χ1n) is 8.12. The van der Waals surface area contributed by atoms with Gasteiger partial charge in [0, 0.05) is 0 Å². The third-order valence-electron chi connectivity index (χ3n) is 4.89. The summed E-state index contributed by atoms with van der Waals surface area (Å²) in [5.41, 5.74) is 2.12. The molecule has 0 spiro atoms. The molecule has 0 amide bonds. The zero-order valence-electron chi connectivity index (χ0n) is 13.1. The summed E-state index contributed by atoms with van der Waals surface area (Å²) in [4.78, 5) is 0. The van der Waals surface area contributed by atoms with Crippen molar-refractivity contribution in [2.24, 2.45) is 11.8 Å². The fraction of sp³-hybridized carbons (Fsp3) is 0.667. The predicted molar refractivity (Wildman–Crippen MR) is 83.5 cm³/mol. The second-order valence-electron chi connectivity index (χ2n) is 6.29. The number of nitrogens with one attached hydrogen (secondary N) is 1. The normalized spacial score (nSPS) is 26.7. The highest BCUT2D eigenvalue weighted by Gasteiger charge is 2.32. The first-order valence-corrected chi connectivity index (χ1v) is 8.12. The second kappa shape index (κ2) is 7.21. The Bertz CT molecular complexity index is 429. The van der Waals surface area contributed by atoms with Gasteiger partial charge in [-0.05, 0) is 62.2 Å². The molecule has 1 saturated carbocycles. The van der Waals surface area contributed by atoms with Crippen molar-refractivity contribution in [2.45, 2.75) is 52.4 Å². The van der Waals surface area contributed by atoms with Gasteiger partial charge in [-0.3, -0.25) is 0 Å². The summed E-state index contributed by atoms with van der Waals surface area (Å²) < 4.78 is 14.3. The fourth-order valence-electron chi connectivity index (χ4n) is 3.59. The average Bonchev–Trinajstić information content (AvgIpc) is 2.47. The molecular formula is C18H28FN. The third-order valence-corrected chi connectivity index (χ3v) is 4.89. The Kier molecular flexibility index (Phi) is 5.59. The first kappa shape index (κ1) is 15.5. The topological polar surface area (TPSA) is 12.0 Å². The van der Waals surface area contributed by atoms with Crippen LogP contribution in [0.1, 0.15) is 56.6 Å². The van der Waals surface area contributed by atoms with Crippen molar-refractivity contribution in [1.29, 1.82) is 0 Å². The quantitative estimate of drug-likeness (QED) is 0.826. The first-order chi connectivity index (χ1) is 9.65. The lowest BCUT2D eigenvalue weighted by Gasteiger charge is -2.36. The van der Waals surface area contributed by atoms with E-state index < -0.39 is 0 Å². The third kappa shape index (κ3) is 3.60. The van der Waals surface area contributed by atoms with Gasteiger partial charge in [-0.15, -0.1) is 0 Å². The van der Waals surface area contributed by atoms with Crippen LogP contribution in [0.25, 0.3) is 0 Å². The summed E-state index contributed by atoms with van der Waals surface area (Å²) >= 11 is 0. The number of halogens is 1. The van der Waals surface area contributed by atoms with Gasteiger partial charge in [0.05, 0.1) is 0 Å². The van der Waals surface area contributed by atoms with E-state index in [0.29, 0.717) is 11.8 Å². The summed E-state index contributed by atoms with van der Waals surface area (Å²) in [7, 11) is 0. The van der Waals surface area contributed by atoms with E-state index in [4.69, 9.17) is 0 Å². The van der Waals surface area contributed by atoms with Crippen molar-refractivity contribution < 1.29 is 4.39 Å². The number of rotatable bonds is 5. The van der Waals surface area contributed by atoms with E-state index in [1.54, 1.807) is 6.07 Å². The minimum Gasteiger partial charge on any atom is -0.317 e. The summed E-state index contributed by atoms with van der Waals surface area (Å²) in [5, 5.41) is 3.46. The lowest BCUT2D eigenvalue weighted by molar-refractivity contribution is 0.223. The molecule has 2 rings (SSSR count). The summed E-state index contributed by atoms with van der Waals surface area (Å²) in [6.07, 6.45) is 4.89. The van der Waals surface area contributed by atoms with Crippen molar-refractivity contribution in [3.63, 3.8) is 0 Å². The monoisotopic (exact) mass is 277 g/mol. The van der Waals surface area contributed by atoms with Crippen LogP contribution in [0.15, 0.2) is 18.2 Å². The molecule has 1 fully saturated rings. The molecule has 0 saturated heterocycles. The SMILES string of the molecule is CCNCC1CCC(CC)CC1c1cc(C)ccc1F. The number of benzene rings is 1. The molecule has 1 aromatic carbocycles. The van der Waals surface area contributed by atoms with E-state index in [0.717, 1.165) is 31.0 Å². The number of hydrogen-bond donors (Lipinski definition) is 1. The lowest BCUT2D eigenvalue weighted by atomic mass is 9.70. The molecule has 0 aliphatic heterocycles. The largest absolute Gasteiger partial charge is 0.317 e. The average molecular weight is 277 g/mol. The molecule has 20 heavy (non-hydrogen) atoms. The van der Waals surface area contributed by atoms with Crippen LogP contribution in [0, 0.1) is 24.6 Å². The zero-order chi connectivity index (χ0) is 14.5. The van der Waals surface area contributed by atoms with Gasteiger partial charge in [-0.1, -0.05) is 44.4 Å². The minimum atomic E-state index is -0.0150. The molecule has 1 aliphatic carbocycles. The summed E-state index contributed by atoms with van der Waals surface area (Å²) in [5.74, 6) is 1.71. The van der Waals surface area contributed by atoms with Crippen molar-refractivity contribution in [3.05, 3.63) is 35.1 Å². The van der Waals surface area contributed by atoms with Gasteiger partial charge in [0.2, 0.25) is 0 Å². The minimum absolute atomic E-state index is 0.0150. The Labute approximate surface area is 123 Å². The van der Waals surface area contributed by atoms with E-state index in [1.165, 1.54) is 24.8 Å². The maximum atomic E-state index is 14.3. The summed E-state index contributed by atoms with van der Waals surface area (Å²) in [6, 6.07) is 5.58. The molecule has 0 radical (unpaired) electrons. The Morgan fingerprint density at radius 3 is 2.75 bits per heavy atom. The van der Waals surface area contributed by atoms with Crippen molar-refractivity contribution in [3.8, 4) is 0 Å². The van der Waals surface area contributed by atoms with Crippen LogP contribution in [0.3, 0.4) is 0 Å². The van der Waals surface area contributed by atoms with Gasteiger partial charge in [0.15, 0.2) is 0 Å². The molecule has 1 nitrogen and oxygen atoms in total. The van der Waals surface area contributed by atoms with Crippen LogP contribution in [0.2, 0.25) is 0 Å². The van der Waals surface area contributed by atoms with Gasteiger partial charge < -0.3 is 5.32 Å². The van der Waals surface area contributed by atoms with E-state index >= 15 is 0 Å². The van der Waals surface area contributed by atoms with Crippen LogP contribution in [-0.2, 0) is 0 Å². The Balaban J connectivity index is 2.23. The molecule has 2 heteroatoms. The van der Waals surface area contributed by atoms with E-state index in [9.17, 15) is 4.39 Å². The maximum absolute atomic E-state index is 14.3. The van der Waals surface area contributed by atoms with E-state index in [2.05, 4.69) is 32.2 Å². The number of hydrogen-bond acceptors (Lipinski definition) is 1. The molecule has 1 aliphatic rings. The smallest absolute Gasteiger partial charge is 0.126 e. The van der Waals surface area contributed by atoms with Crippen LogP contribution in [0.5, 0.6) is 0 Å². The zero-order valence-corrected chi connectivity index (χ0v) is 13.1. The Morgan fingerprint density at radius 2 is 2.05 bits per heavy atom. The molecule has 0 bridgehead atoms.